The van der Waals surface area contributed by atoms with Crippen LogP contribution >= 0.6 is 0 Å². The van der Waals surface area contributed by atoms with Gasteiger partial charge in [-0.1, -0.05) is 6.07 Å². The second kappa shape index (κ2) is 4.36. The standard InChI is InChI=1S/C7H5O.V/c8-6-7-4-2-1-3-5-7;/h1-5H;/q-1;. The Morgan fingerprint density at radius 3 is 2.00 bits per heavy atom. The average Bonchev–Trinajstić information content (AvgIpc) is 1.90. The first-order valence-corrected chi connectivity index (χ1v) is 2.36. The first-order valence-electron chi connectivity index (χ1n) is 2.36. The van der Waals surface area contributed by atoms with E-state index >= 15 is 0 Å². The molecular weight excluding hydrogens is 151 g/mol. The molecule has 0 aliphatic carbocycles. The SMILES string of the molecule is O=[C-]c1ccccc1.[V]. The van der Waals surface area contributed by atoms with E-state index in [0.717, 1.165) is 0 Å². The van der Waals surface area contributed by atoms with Gasteiger partial charge in [0.15, 0.2) is 0 Å². The topological polar surface area (TPSA) is 17.1 Å². The van der Waals surface area contributed by atoms with Crippen LogP contribution in [-0.4, -0.2) is 6.29 Å². The van der Waals surface area contributed by atoms with Gasteiger partial charge in [-0.2, -0.15) is 17.7 Å². The van der Waals surface area contributed by atoms with Crippen LogP contribution in [-0.2, 0) is 23.4 Å². The van der Waals surface area contributed by atoms with Gasteiger partial charge in [0.1, 0.15) is 0 Å². The van der Waals surface area contributed by atoms with Crippen LogP contribution in [0, 0.1) is 0 Å². The summed E-state index contributed by atoms with van der Waals surface area (Å²) in [5, 5.41) is 0. The zero-order chi connectivity index (χ0) is 5.82. The van der Waals surface area contributed by atoms with Crippen LogP contribution in [0.25, 0.3) is 0 Å². The maximum atomic E-state index is 9.88. The molecule has 0 fully saturated rings. The summed E-state index contributed by atoms with van der Waals surface area (Å²) in [6.45, 7) is 0. The van der Waals surface area contributed by atoms with E-state index in [4.69, 9.17) is 0 Å². The molecule has 0 saturated carbocycles. The Kier molecular flexibility index (Phi) is 4.11. The van der Waals surface area contributed by atoms with Crippen LogP contribution in [0.5, 0.6) is 0 Å². The molecule has 0 aliphatic rings. The van der Waals surface area contributed by atoms with E-state index in [1.165, 1.54) is 0 Å². The van der Waals surface area contributed by atoms with Gasteiger partial charge in [0, 0.05) is 18.6 Å². The Hall–Kier alpha value is -0.526. The predicted molar refractivity (Wildman–Crippen MR) is 31.2 cm³/mol. The van der Waals surface area contributed by atoms with Gasteiger partial charge in [-0.05, 0) is 0 Å². The molecule has 45 valence electrons. The normalized spacial score (nSPS) is 7.56. The van der Waals surface area contributed by atoms with Crippen molar-refractivity contribution in [2.75, 3.05) is 0 Å². The number of rotatable bonds is 1. The van der Waals surface area contributed by atoms with E-state index in [9.17, 15) is 4.79 Å². The van der Waals surface area contributed by atoms with Gasteiger partial charge < -0.3 is 4.79 Å². The van der Waals surface area contributed by atoms with Crippen LogP contribution in [0.3, 0.4) is 0 Å². The Morgan fingerprint density at radius 2 is 1.67 bits per heavy atom. The summed E-state index contributed by atoms with van der Waals surface area (Å²) >= 11 is 0. The summed E-state index contributed by atoms with van der Waals surface area (Å²) in [5.41, 5.74) is 0.604. The van der Waals surface area contributed by atoms with Crippen molar-refractivity contribution in [1.82, 2.24) is 0 Å². The number of hydrogen-bond acceptors (Lipinski definition) is 1. The van der Waals surface area contributed by atoms with Gasteiger partial charge in [-0.3, -0.25) is 0 Å². The zero-order valence-electron chi connectivity index (χ0n) is 4.74. The zero-order valence-corrected chi connectivity index (χ0v) is 6.14. The molecule has 1 aromatic carbocycles. The minimum Gasteiger partial charge on any atom is -0.376 e. The molecule has 0 aromatic heterocycles. The van der Waals surface area contributed by atoms with Crippen molar-refractivity contribution in [3.05, 3.63) is 35.9 Å². The van der Waals surface area contributed by atoms with Gasteiger partial charge >= 0.3 is 0 Å². The molecule has 9 heavy (non-hydrogen) atoms. The summed E-state index contributed by atoms with van der Waals surface area (Å²) in [7, 11) is 0. The average molecular weight is 156 g/mol. The molecule has 0 bridgehead atoms. The van der Waals surface area contributed by atoms with Crippen molar-refractivity contribution >= 4 is 6.29 Å². The summed E-state index contributed by atoms with van der Waals surface area (Å²) in [5.74, 6) is 0. The molecule has 0 amide bonds. The van der Waals surface area contributed by atoms with Gasteiger partial charge in [-0.15, -0.1) is 12.1 Å². The molecular formula is C7H5OV-. The Labute approximate surface area is 66.0 Å². The van der Waals surface area contributed by atoms with Crippen molar-refractivity contribution in [3.8, 4) is 0 Å². The van der Waals surface area contributed by atoms with Crippen molar-refractivity contribution in [3.63, 3.8) is 0 Å². The summed E-state index contributed by atoms with van der Waals surface area (Å²) < 4.78 is 0. The van der Waals surface area contributed by atoms with E-state index < -0.39 is 0 Å². The molecule has 0 heterocycles. The summed E-state index contributed by atoms with van der Waals surface area (Å²) in [6.07, 6.45) is 1.78. The molecule has 0 spiro atoms. The second-order valence-corrected chi connectivity index (χ2v) is 1.47. The first kappa shape index (κ1) is 8.47. The number of hydrogen-bond donors (Lipinski definition) is 0. The second-order valence-electron chi connectivity index (χ2n) is 1.47. The quantitative estimate of drug-likeness (QED) is 0.557. The Balaban J connectivity index is 0.000000640. The molecule has 0 aliphatic heterocycles. The third-order valence-corrected chi connectivity index (χ3v) is 0.892. The minimum absolute atomic E-state index is 0. The van der Waals surface area contributed by atoms with E-state index in [-0.39, 0.29) is 18.6 Å². The monoisotopic (exact) mass is 156 g/mol. The molecule has 1 nitrogen and oxygen atoms in total. The van der Waals surface area contributed by atoms with Gasteiger partial charge in [0.25, 0.3) is 0 Å². The maximum absolute atomic E-state index is 9.88. The molecule has 1 radical (unpaired) electrons. The predicted octanol–water partition coefficient (Wildman–Crippen LogP) is 1.14. The fraction of sp³-hybridized carbons (Fsp3) is 0. The third-order valence-electron chi connectivity index (χ3n) is 0.892. The molecule has 0 saturated heterocycles. The van der Waals surface area contributed by atoms with Gasteiger partial charge in [0.2, 0.25) is 0 Å². The van der Waals surface area contributed by atoms with Crippen LogP contribution in [0.15, 0.2) is 30.3 Å². The van der Waals surface area contributed by atoms with Crippen LogP contribution in [0.4, 0.5) is 0 Å². The fourth-order valence-electron chi connectivity index (χ4n) is 0.506. The van der Waals surface area contributed by atoms with E-state index in [1.54, 1.807) is 30.6 Å². The molecule has 2 heteroatoms. The van der Waals surface area contributed by atoms with Crippen LogP contribution < -0.4 is 0 Å². The van der Waals surface area contributed by atoms with Crippen molar-refractivity contribution in [1.29, 1.82) is 0 Å². The van der Waals surface area contributed by atoms with Crippen molar-refractivity contribution in [2.45, 2.75) is 0 Å². The summed E-state index contributed by atoms with van der Waals surface area (Å²) in [4.78, 5) is 9.88. The molecule has 0 unspecified atom stereocenters. The smallest absolute Gasteiger partial charge is 0.0627 e. The largest absolute Gasteiger partial charge is 0.376 e. The number of benzene rings is 1. The van der Waals surface area contributed by atoms with Crippen LogP contribution in [0.1, 0.15) is 5.56 Å². The van der Waals surface area contributed by atoms with E-state index in [2.05, 4.69) is 0 Å². The van der Waals surface area contributed by atoms with Crippen LogP contribution in [0.2, 0.25) is 0 Å². The van der Waals surface area contributed by atoms with E-state index in [0.29, 0.717) is 5.56 Å². The maximum Gasteiger partial charge on any atom is 0.0627 e. The molecule has 0 N–H and O–H groups in total. The molecule has 1 aromatic rings. The minimum atomic E-state index is 0. The molecule has 0 atom stereocenters. The summed E-state index contributed by atoms with van der Waals surface area (Å²) in [6, 6.07) is 8.90. The van der Waals surface area contributed by atoms with Gasteiger partial charge in [-0.25, -0.2) is 0 Å². The first-order chi connectivity index (χ1) is 3.93. The van der Waals surface area contributed by atoms with Crippen molar-refractivity contribution in [2.24, 2.45) is 0 Å². The Bertz CT molecular complexity index is 172. The fourth-order valence-corrected chi connectivity index (χ4v) is 0.506. The molecule has 1 rings (SSSR count). The van der Waals surface area contributed by atoms with Crippen molar-refractivity contribution < 1.29 is 23.4 Å². The number of carbonyl (C=O) groups excluding carboxylic acids is 1. The van der Waals surface area contributed by atoms with E-state index in [1.807, 2.05) is 6.07 Å². The Morgan fingerprint density at radius 1 is 1.11 bits per heavy atom. The third kappa shape index (κ3) is 2.50. The van der Waals surface area contributed by atoms with Gasteiger partial charge in [0.05, 0.1) is 6.29 Å².